The molecule has 1 amide bonds. The van der Waals surface area contributed by atoms with Crippen molar-refractivity contribution in [2.75, 3.05) is 16.8 Å². The lowest BCUT2D eigenvalue weighted by molar-refractivity contribution is 0.0908. The van der Waals surface area contributed by atoms with Crippen molar-refractivity contribution < 1.29 is 9.53 Å². The molecular formula is C15H16N4O2. The van der Waals surface area contributed by atoms with Crippen LogP contribution in [0, 0.1) is 0 Å². The molecule has 0 aliphatic carbocycles. The van der Waals surface area contributed by atoms with Crippen molar-refractivity contribution in [2.24, 2.45) is 5.73 Å². The van der Waals surface area contributed by atoms with E-state index in [1.54, 1.807) is 18.3 Å². The van der Waals surface area contributed by atoms with Crippen LogP contribution in [0.1, 0.15) is 17.3 Å². The fourth-order valence-electron chi connectivity index (χ4n) is 2.35. The van der Waals surface area contributed by atoms with Crippen molar-refractivity contribution in [2.45, 2.75) is 13.3 Å². The predicted octanol–water partition coefficient (Wildman–Crippen LogP) is 2.06. The highest BCUT2D eigenvalue weighted by atomic mass is 16.5. The Labute approximate surface area is 122 Å². The molecule has 2 aromatic rings. The predicted molar refractivity (Wildman–Crippen MR) is 80.4 cm³/mol. The van der Waals surface area contributed by atoms with E-state index in [4.69, 9.17) is 10.5 Å². The summed E-state index contributed by atoms with van der Waals surface area (Å²) in [5, 5.41) is 3.28. The van der Waals surface area contributed by atoms with E-state index in [9.17, 15) is 4.79 Å². The fourth-order valence-corrected chi connectivity index (χ4v) is 2.35. The van der Waals surface area contributed by atoms with Crippen molar-refractivity contribution in [1.29, 1.82) is 0 Å². The molecule has 1 aliphatic heterocycles. The molecule has 6 heteroatoms. The van der Waals surface area contributed by atoms with Crippen LogP contribution in [-0.4, -0.2) is 23.8 Å². The van der Waals surface area contributed by atoms with Crippen LogP contribution in [0.4, 0.5) is 17.2 Å². The molecular weight excluding hydrogens is 268 g/mol. The number of para-hydroxylation sites is 2. The van der Waals surface area contributed by atoms with Gasteiger partial charge in [0.05, 0.1) is 11.4 Å². The summed E-state index contributed by atoms with van der Waals surface area (Å²) in [5.74, 6) is 0.134. The highest BCUT2D eigenvalue weighted by molar-refractivity contribution is 5.94. The zero-order chi connectivity index (χ0) is 14.8. The minimum atomic E-state index is -0.480. The Morgan fingerprint density at radius 2 is 2.24 bits per heavy atom. The number of pyridine rings is 1. The van der Waals surface area contributed by atoms with Gasteiger partial charge in [-0.05, 0) is 31.2 Å². The zero-order valence-corrected chi connectivity index (χ0v) is 11.6. The summed E-state index contributed by atoms with van der Waals surface area (Å²) in [6, 6.07) is 11.1. The number of aromatic nitrogens is 1. The van der Waals surface area contributed by atoms with Crippen LogP contribution < -0.4 is 16.0 Å². The summed E-state index contributed by atoms with van der Waals surface area (Å²) in [6.07, 6.45) is 1.21. The lowest BCUT2D eigenvalue weighted by Gasteiger charge is -2.25. The van der Waals surface area contributed by atoms with E-state index in [1.165, 1.54) is 0 Å². The topological polar surface area (TPSA) is 80.5 Å². The minimum absolute atomic E-state index is 0.358. The molecule has 2 heterocycles. The van der Waals surface area contributed by atoms with Gasteiger partial charge in [0.1, 0.15) is 5.82 Å². The summed E-state index contributed by atoms with van der Waals surface area (Å²) in [6.45, 7) is 2.48. The number of nitrogens with two attached hydrogens (primary N) is 1. The van der Waals surface area contributed by atoms with Gasteiger partial charge in [0, 0.05) is 18.4 Å². The van der Waals surface area contributed by atoms with E-state index in [0.29, 0.717) is 18.0 Å². The van der Waals surface area contributed by atoms with Gasteiger partial charge in [0.15, 0.2) is 0 Å². The third-order valence-electron chi connectivity index (χ3n) is 3.28. The van der Waals surface area contributed by atoms with E-state index in [2.05, 4.69) is 10.3 Å². The van der Waals surface area contributed by atoms with E-state index in [-0.39, 0.29) is 6.35 Å². The molecule has 0 saturated heterocycles. The van der Waals surface area contributed by atoms with E-state index in [1.807, 2.05) is 36.1 Å². The summed E-state index contributed by atoms with van der Waals surface area (Å²) >= 11 is 0. The number of anilines is 3. The number of ether oxygens (including phenoxy) is 1. The van der Waals surface area contributed by atoms with Crippen LogP contribution in [-0.2, 0) is 4.74 Å². The smallest absolute Gasteiger partial charge is 0.248 e. The molecule has 1 unspecified atom stereocenters. The summed E-state index contributed by atoms with van der Waals surface area (Å²) in [5.41, 5.74) is 7.66. The highest BCUT2D eigenvalue weighted by Crippen LogP contribution is 2.39. The van der Waals surface area contributed by atoms with Gasteiger partial charge in [-0.2, -0.15) is 0 Å². The maximum absolute atomic E-state index is 11.3. The molecule has 1 aliphatic rings. The largest absolute Gasteiger partial charge is 0.366 e. The standard InChI is InChI=1S/C15H16N4O2/c1-2-21-15-18-11-5-3-4-6-12(11)19(15)13-9-10(14(16)20)7-8-17-13/h3-9,15,18H,2H2,1H3,(H2,16,20). The zero-order valence-electron chi connectivity index (χ0n) is 11.6. The molecule has 0 bridgehead atoms. The molecule has 1 aromatic carbocycles. The molecule has 0 fully saturated rings. The van der Waals surface area contributed by atoms with Gasteiger partial charge >= 0.3 is 0 Å². The Balaban J connectivity index is 2.05. The average molecular weight is 284 g/mol. The number of amides is 1. The Kier molecular flexibility index (Phi) is 3.45. The van der Waals surface area contributed by atoms with Crippen LogP contribution in [0.5, 0.6) is 0 Å². The maximum atomic E-state index is 11.3. The first-order valence-electron chi connectivity index (χ1n) is 6.73. The first kappa shape index (κ1) is 13.4. The molecule has 108 valence electrons. The van der Waals surface area contributed by atoms with Gasteiger partial charge in [-0.15, -0.1) is 0 Å². The number of rotatable bonds is 4. The van der Waals surface area contributed by atoms with Crippen molar-refractivity contribution in [3.63, 3.8) is 0 Å². The summed E-state index contributed by atoms with van der Waals surface area (Å²) in [4.78, 5) is 17.6. The molecule has 6 nitrogen and oxygen atoms in total. The molecule has 0 saturated carbocycles. The van der Waals surface area contributed by atoms with Gasteiger partial charge < -0.3 is 15.8 Å². The van der Waals surface area contributed by atoms with Crippen molar-refractivity contribution in [3.8, 4) is 0 Å². The van der Waals surface area contributed by atoms with E-state index >= 15 is 0 Å². The SMILES string of the molecule is CCOC1Nc2ccccc2N1c1cc(C(N)=O)ccn1. The minimum Gasteiger partial charge on any atom is -0.366 e. The van der Waals surface area contributed by atoms with E-state index < -0.39 is 5.91 Å². The monoisotopic (exact) mass is 284 g/mol. The number of fused-ring (bicyclic) bond motifs is 1. The van der Waals surface area contributed by atoms with Crippen LogP contribution in [0.25, 0.3) is 0 Å². The molecule has 0 radical (unpaired) electrons. The fraction of sp³-hybridized carbons (Fsp3) is 0.200. The Morgan fingerprint density at radius 1 is 1.43 bits per heavy atom. The van der Waals surface area contributed by atoms with Crippen LogP contribution >= 0.6 is 0 Å². The number of hydrogen-bond acceptors (Lipinski definition) is 5. The number of nitrogens with one attached hydrogen (secondary N) is 1. The number of nitrogens with zero attached hydrogens (tertiary/aromatic N) is 2. The summed E-state index contributed by atoms with van der Waals surface area (Å²) in [7, 11) is 0. The molecule has 1 aromatic heterocycles. The number of benzene rings is 1. The van der Waals surface area contributed by atoms with Crippen LogP contribution in [0.2, 0.25) is 0 Å². The summed E-state index contributed by atoms with van der Waals surface area (Å²) < 4.78 is 5.71. The average Bonchev–Trinajstić information content (AvgIpc) is 2.85. The molecule has 1 atom stereocenters. The number of carbonyl (C=O) groups is 1. The third kappa shape index (κ3) is 2.41. The third-order valence-corrected chi connectivity index (χ3v) is 3.28. The van der Waals surface area contributed by atoms with Gasteiger partial charge in [0.25, 0.3) is 0 Å². The lowest BCUT2D eigenvalue weighted by Crippen LogP contribution is -2.35. The number of primary amides is 1. The molecule has 0 spiro atoms. The van der Waals surface area contributed by atoms with Gasteiger partial charge in [-0.1, -0.05) is 12.1 Å². The van der Waals surface area contributed by atoms with Gasteiger partial charge in [-0.3, -0.25) is 9.69 Å². The maximum Gasteiger partial charge on any atom is 0.248 e. The second kappa shape index (κ2) is 5.41. The lowest BCUT2D eigenvalue weighted by atomic mass is 10.2. The quantitative estimate of drug-likeness (QED) is 0.898. The van der Waals surface area contributed by atoms with E-state index in [0.717, 1.165) is 11.4 Å². The molecule has 3 N–H and O–H groups in total. The molecule has 21 heavy (non-hydrogen) atoms. The Morgan fingerprint density at radius 3 is 3.00 bits per heavy atom. The second-order valence-electron chi connectivity index (χ2n) is 4.61. The van der Waals surface area contributed by atoms with Crippen molar-refractivity contribution in [1.82, 2.24) is 4.98 Å². The van der Waals surface area contributed by atoms with Crippen molar-refractivity contribution in [3.05, 3.63) is 48.2 Å². The highest BCUT2D eigenvalue weighted by Gasteiger charge is 2.31. The Bertz CT molecular complexity index is 674. The normalized spacial score (nSPS) is 16.4. The van der Waals surface area contributed by atoms with Gasteiger partial charge in [0.2, 0.25) is 12.3 Å². The molecule has 3 rings (SSSR count). The Hall–Kier alpha value is -2.60. The van der Waals surface area contributed by atoms with Crippen LogP contribution in [0.3, 0.4) is 0 Å². The first-order chi connectivity index (χ1) is 10.2. The van der Waals surface area contributed by atoms with Crippen LogP contribution in [0.15, 0.2) is 42.6 Å². The van der Waals surface area contributed by atoms with Gasteiger partial charge in [-0.25, -0.2) is 4.98 Å². The number of carbonyl (C=O) groups excluding carboxylic acids is 1. The first-order valence-corrected chi connectivity index (χ1v) is 6.73. The second-order valence-corrected chi connectivity index (χ2v) is 4.61. The van der Waals surface area contributed by atoms with Crippen molar-refractivity contribution >= 4 is 23.1 Å². The number of hydrogen-bond donors (Lipinski definition) is 2.